The van der Waals surface area contributed by atoms with Crippen molar-refractivity contribution in [1.29, 1.82) is 0 Å². The number of rotatable bonds is 3. The summed E-state index contributed by atoms with van der Waals surface area (Å²) in [5.41, 5.74) is 3.15. The van der Waals surface area contributed by atoms with Crippen LogP contribution in [0.5, 0.6) is 0 Å². The molecule has 0 aromatic heterocycles. The first-order valence-corrected chi connectivity index (χ1v) is 11.8. The Bertz CT molecular complexity index is 1060. The van der Waals surface area contributed by atoms with Crippen molar-refractivity contribution >= 4 is 24.6 Å². The van der Waals surface area contributed by atoms with Crippen molar-refractivity contribution in [2.24, 2.45) is 5.10 Å². The van der Waals surface area contributed by atoms with E-state index in [1.54, 1.807) is 0 Å². The zero-order valence-corrected chi connectivity index (χ0v) is 17.1. The van der Waals surface area contributed by atoms with Crippen molar-refractivity contribution in [3.05, 3.63) is 96.2 Å². The number of nitrogens with zero attached hydrogens (tertiary/aromatic N) is 4. The van der Waals surface area contributed by atoms with E-state index in [1.165, 1.54) is 0 Å². The zero-order chi connectivity index (χ0) is 19.4. The third-order valence-electron chi connectivity index (χ3n) is 5.67. The Morgan fingerprint density at radius 2 is 1.54 bits per heavy atom. The Hall–Kier alpha value is -2.88. The first-order chi connectivity index (χ1) is 13.5. The van der Waals surface area contributed by atoms with Gasteiger partial charge in [-0.05, 0) is 0 Å². The van der Waals surface area contributed by atoms with Gasteiger partial charge in [0, 0.05) is 0 Å². The fraction of sp³-hybridized carbons (Fsp3) is 0.136. The molecule has 2 aromatic carbocycles. The van der Waals surface area contributed by atoms with Gasteiger partial charge in [0.05, 0.1) is 0 Å². The van der Waals surface area contributed by atoms with Crippen LogP contribution in [0, 0.1) is 0 Å². The Morgan fingerprint density at radius 1 is 0.893 bits per heavy atom. The number of hydrogen-bond acceptors (Lipinski definition) is 5. The molecule has 0 unspecified atom stereocenters. The van der Waals surface area contributed by atoms with Crippen molar-refractivity contribution < 1.29 is 4.52 Å². The summed E-state index contributed by atoms with van der Waals surface area (Å²) in [4.78, 5) is 0. The first kappa shape index (κ1) is 17.2. The topological polar surface area (TPSA) is 31.3 Å². The van der Waals surface area contributed by atoms with Crippen molar-refractivity contribution in [3.8, 4) is 0 Å². The summed E-state index contributed by atoms with van der Waals surface area (Å²) in [5.74, 6) is 1.77. The van der Waals surface area contributed by atoms with Gasteiger partial charge >= 0.3 is 165 Å². The van der Waals surface area contributed by atoms with Crippen LogP contribution in [0.3, 0.4) is 0 Å². The molecule has 5 nitrogen and oxygen atoms in total. The van der Waals surface area contributed by atoms with Crippen LogP contribution in [0.4, 0.5) is 0 Å². The predicted octanol–water partition coefficient (Wildman–Crippen LogP) is 4.96. The molecule has 0 saturated carbocycles. The molecule has 6 heteroatoms. The van der Waals surface area contributed by atoms with Gasteiger partial charge in [0.1, 0.15) is 0 Å². The number of benzene rings is 2. The Labute approximate surface area is 165 Å². The molecule has 0 saturated heterocycles. The quantitative estimate of drug-likeness (QED) is 0.693. The van der Waals surface area contributed by atoms with Gasteiger partial charge in [-0.2, -0.15) is 0 Å². The summed E-state index contributed by atoms with van der Waals surface area (Å²) >= 11 is 0. The van der Waals surface area contributed by atoms with Gasteiger partial charge in [0.2, 0.25) is 0 Å². The van der Waals surface area contributed by atoms with E-state index in [0.29, 0.717) is 0 Å². The number of fused-ring (bicyclic) bond motifs is 3. The number of amidine groups is 1. The zero-order valence-electron chi connectivity index (χ0n) is 16.2. The fourth-order valence-electron chi connectivity index (χ4n) is 3.96. The number of allylic oxidation sites excluding steroid dienone is 2. The molecule has 0 amide bonds. The molecule has 142 valence electrons. The fourth-order valence-corrected chi connectivity index (χ4v) is 7.74. The van der Waals surface area contributed by atoms with E-state index in [9.17, 15) is 0 Å². The monoisotopic (exact) mass is 390 g/mol. The van der Waals surface area contributed by atoms with Crippen LogP contribution in [0.1, 0.15) is 11.1 Å². The summed E-state index contributed by atoms with van der Waals surface area (Å²) < 4.78 is 13.6. The second-order valence-electron chi connectivity index (χ2n) is 7.44. The van der Waals surface area contributed by atoms with Crippen molar-refractivity contribution in [1.82, 2.24) is 14.1 Å². The standard InChI is InChI=1S/C22H23N4OP/c1-24(2)28(3)25-17-11-10-16-20(25)23-26(28)21(18-12-6-4-7-13-18)22(27-28)19-14-8-5-9-15-19/h4-17H,1-3H3. The van der Waals surface area contributed by atoms with Crippen LogP contribution in [-0.4, -0.2) is 40.7 Å². The Balaban J connectivity index is 1.81. The second kappa shape index (κ2) is 5.81. The van der Waals surface area contributed by atoms with E-state index >= 15 is 0 Å². The summed E-state index contributed by atoms with van der Waals surface area (Å²) in [6.07, 6.45) is 8.17. The average molecular weight is 390 g/mol. The van der Waals surface area contributed by atoms with Crippen LogP contribution in [0.25, 0.3) is 11.5 Å². The molecule has 28 heavy (non-hydrogen) atoms. The number of hydrazone groups is 1. The third kappa shape index (κ3) is 2.06. The summed E-state index contributed by atoms with van der Waals surface area (Å²) in [6.45, 7) is 2.20. The average Bonchev–Trinajstić information content (AvgIpc) is 3.16. The van der Waals surface area contributed by atoms with E-state index in [-0.39, 0.29) is 0 Å². The molecule has 3 heterocycles. The molecule has 0 N–H and O–H groups in total. The van der Waals surface area contributed by atoms with Crippen LogP contribution in [0.15, 0.2) is 90.2 Å². The molecular weight excluding hydrogens is 367 g/mol. The van der Waals surface area contributed by atoms with Gasteiger partial charge < -0.3 is 0 Å². The molecule has 0 aliphatic carbocycles. The molecular formula is C22H23N4OP. The van der Waals surface area contributed by atoms with Gasteiger partial charge in [-0.25, -0.2) is 0 Å². The molecule has 0 radical (unpaired) electrons. The van der Waals surface area contributed by atoms with E-state index in [2.05, 4.69) is 77.5 Å². The van der Waals surface area contributed by atoms with E-state index < -0.39 is 7.28 Å². The minimum atomic E-state index is -3.25. The maximum absolute atomic E-state index is 7.03. The molecule has 3 aliphatic heterocycles. The van der Waals surface area contributed by atoms with E-state index in [0.717, 1.165) is 28.4 Å². The summed E-state index contributed by atoms with van der Waals surface area (Å²) in [6, 6.07) is 20.7. The van der Waals surface area contributed by atoms with Crippen LogP contribution in [-0.2, 0) is 4.52 Å². The second-order valence-corrected chi connectivity index (χ2v) is 11.8. The molecule has 0 spiro atoms. The predicted molar refractivity (Wildman–Crippen MR) is 117 cm³/mol. The third-order valence-corrected chi connectivity index (χ3v) is 10.6. The van der Waals surface area contributed by atoms with Gasteiger partial charge in [0.15, 0.2) is 0 Å². The van der Waals surface area contributed by atoms with Crippen LogP contribution >= 0.6 is 7.28 Å². The van der Waals surface area contributed by atoms with E-state index in [1.807, 2.05) is 42.5 Å². The van der Waals surface area contributed by atoms with Gasteiger partial charge in [-0.3, -0.25) is 0 Å². The Morgan fingerprint density at radius 3 is 2.18 bits per heavy atom. The molecule has 0 fully saturated rings. The van der Waals surface area contributed by atoms with Crippen molar-refractivity contribution in [3.63, 3.8) is 0 Å². The maximum atomic E-state index is 7.03. The molecule has 0 atom stereocenters. The minimum absolute atomic E-state index is 0.867. The Kier molecular flexibility index (Phi) is 3.57. The van der Waals surface area contributed by atoms with Gasteiger partial charge in [-0.1, -0.05) is 0 Å². The molecule has 2 aromatic rings. The molecule has 3 aliphatic rings. The van der Waals surface area contributed by atoms with Crippen molar-refractivity contribution in [2.75, 3.05) is 20.8 Å². The van der Waals surface area contributed by atoms with Crippen molar-refractivity contribution in [2.45, 2.75) is 0 Å². The summed E-state index contributed by atoms with van der Waals surface area (Å²) in [7, 11) is 0.897. The van der Waals surface area contributed by atoms with Gasteiger partial charge in [0.25, 0.3) is 0 Å². The van der Waals surface area contributed by atoms with E-state index in [4.69, 9.17) is 9.63 Å². The normalized spacial score (nSPS) is 22.4. The number of hydrogen-bond donors (Lipinski definition) is 0. The SMILES string of the molecule is CN(C)P12(C)OC(c3ccccc3)=C(c3ccccc3)N1N=C1C=CC=CN12. The first-order valence-electron chi connectivity index (χ1n) is 9.32. The van der Waals surface area contributed by atoms with Crippen LogP contribution < -0.4 is 0 Å². The summed E-state index contributed by atoms with van der Waals surface area (Å²) in [5, 5.41) is 5.04. The molecule has 5 rings (SSSR count). The molecule has 0 bridgehead atoms. The van der Waals surface area contributed by atoms with Crippen LogP contribution in [0.2, 0.25) is 0 Å². The van der Waals surface area contributed by atoms with Gasteiger partial charge in [-0.15, -0.1) is 0 Å².